The number of aliphatic hydroxyl groups excluding tert-OH is 1. The Bertz CT molecular complexity index is 686. The lowest BCUT2D eigenvalue weighted by Gasteiger charge is -2.12. The minimum absolute atomic E-state index is 0.214. The number of benzene rings is 1. The maximum Gasteiger partial charge on any atom is 0.251 e. The summed E-state index contributed by atoms with van der Waals surface area (Å²) in [5.41, 5.74) is 0.691. The molecule has 6 heteroatoms. The average molecular weight is 308 g/mol. The van der Waals surface area contributed by atoms with Crippen LogP contribution in [0, 0.1) is 5.82 Å². The normalized spacial score (nSPS) is 12.4. The molecule has 2 N–H and O–H groups in total. The predicted molar refractivity (Wildman–Crippen MR) is 80.0 cm³/mol. The van der Waals surface area contributed by atoms with Crippen molar-refractivity contribution in [1.29, 1.82) is 0 Å². The minimum Gasteiger partial charge on any atom is -0.389 e. The molecule has 0 bridgehead atoms. The summed E-state index contributed by atoms with van der Waals surface area (Å²) in [5, 5.41) is 10.1. The Hall–Kier alpha value is -1.66. The van der Waals surface area contributed by atoms with Crippen LogP contribution in [0.3, 0.4) is 0 Å². The average Bonchev–Trinajstić information content (AvgIpc) is 2.37. The number of nitrogens with zero attached hydrogens (tertiary/aromatic N) is 1. The lowest BCUT2D eigenvalue weighted by atomic mass is 10.1. The molecule has 0 aliphatic heterocycles. The van der Waals surface area contributed by atoms with E-state index in [9.17, 15) is 14.3 Å². The van der Waals surface area contributed by atoms with Gasteiger partial charge in [0.05, 0.1) is 6.10 Å². The molecule has 0 amide bonds. The number of nitrogens with one attached hydrogen (secondary N) is 1. The fraction of sp³-hybridized carbons (Fsp3) is 0.333. The Labute approximate surface area is 126 Å². The number of hydrogen-bond acceptors (Lipinski definition) is 4. The van der Waals surface area contributed by atoms with Crippen LogP contribution >= 0.6 is 11.8 Å². The summed E-state index contributed by atoms with van der Waals surface area (Å²) in [4.78, 5) is 19.2. The number of hydrogen-bond donors (Lipinski definition) is 2. The van der Waals surface area contributed by atoms with Gasteiger partial charge in [0.15, 0.2) is 5.16 Å². The van der Waals surface area contributed by atoms with E-state index >= 15 is 0 Å². The summed E-state index contributed by atoms with van der Waals surface area (Å²) in [6.45, 7) is 3.51. The second kappa shape index (κ2) is 6.87. The van der Waals surface area contributed by atoms with E-state index in [0.717, 1.165) is 18.2 Å². The molecule has 2 rings (SSSR count). The quantitative estimate of drug-likeness (QED) is 0.833. The molecule has 0 spiro atoms. The third kappa shape index (κ3) is 3.92. The molecule has 1 aromatic carbocycles. The number of aryl methyl sites for hydroxylation is 1. The van der Waals surface area contributed by atoms with Gasteiger partial charge < -0.3 is 10.1 Å². The SMILES string of the molecule is CCCc1cc(=O)[nH]c(Sc2cccc(F)c2C(C)O)n1. The Morgan fingerprint density at radius 1 is 1.48 bits per heavy atom. The van der Waals surface area contributed by atoms with Gasteiger partial charge in [-0.3, -0.25) is 4.79 Å². The maximum atomic E-state index is 13.8. The monoisotopic (exact) mass is 308 g/mol. The highest BCUT2D eigenvalue weighted by atomic mass is 32.2. The van der Waals surface area contributed by atoms with E-state index in [1.165, 1.54) is 19.1 Å². The van der Waals surface area contributed by atoms with Crippen LogP contribution in [0.4, 0.5) is 4.39 Å². The van der Waals surface area contributed by atoms with Gasteiger partial charge in [0.2, 0.25) is 0 Å². The second-order valence-corrected chi connectivity index (χ2v) is 5.75. The van der Waals surface area contributed by atoms with Gasteiger partial charge in [-0.25, -0.2) is 9.37 Å². The van der Waals surface area contributed by atoms with Gasteiger partial charge >= 0.3 is 0 Å². The van der Waals surface area contributed by atoms with E-state index in [-0.39, 0.29) is 11.1 Å². The third-order valence-corrected chi connectivity index (χ3v) is 3.88. The largest absolute Gasteiger partial charge is 0.389 e. The van der Waals surface area contributed by atoms with Crippen molar-refractivity contribution in [1.82, 2.24) is 9.97 Å². The molecule has 0 saturated carbocycles. The highest BCUT2D eigenvalue weighted by Gasteiger charge is 2.15. The molecular weight excluding hydrogens is 291 g/mol. The fourth-order valence-corrected chi connectivity index (χ4v) is 3.08. The van der Waals surface area contributed by atoms with Crippen LogP contribution in [0.15, 0.2) is 39.1 Å². The summed E-state index contributed by atoms with van der Waals surface area (Å²) < 4.78 is 13.8. The molecule has 0 saturated heterocycles. The maximum absolute atomic E-state index is 13.8. The standard InChI is InChI=1S/C15H17FN2O2S/c1-3-5-10-8-13(20)18-15(17-10)21-12-7-4-6-11(16)14(12)9(2)19/h4,6-9,19H,3,5H2,1-2H3,(H,17,18,20). The minimum atomic E-state index is -0.931. The van der Waals surface area contributed by atoms with E-state index in [4.69, 9.17) is 0 Å². The van der Waals surface area contributed by atoms with Crippen molar-refractivity contribution in [3.63, 3.8) is 0 Å². The zero-order valence-corrected chi connectivity index (χ0v) is 12.7. The number of H-pyrrole nitrogens is 1. The van der Waals surface area contributed by atoms with Crippen molar-refractivity contribution in [2.24, 2.45) is 0 Å². The smallest absolute Gasteiger partial charge is 0.251 e. The first-order valence-corrected chi connectivity index (χ1v) is 7.57. The first-order valence-electron chi connectivity index (χ1n) is 6.75. The van der Waals surface area contributed by atoms with E-state index in [1.807, 2.05) is 6.92 Å². The molecular formula is C15H17FN2O2S. The van der Waals surface area contributed by atoms with Crippen LogP contribution in [0.2, 0.25) is 0 Å². The Kier molecular flexibility index (Phi) is 5.14. The molecule has 21 heavy (non-hydrogen) atoms. The Morgan fingerprint density at radius 2 is 2.24 bits per heavy atom. The molecule has 2 aromatic rings. The molecule has 0 aliphatic rings. The summed E-state index contributed by atoms with van der Waals surface area (Å²) in [5.74, 6) is -0.470. The molecule has 112 valence electrons. The van der Waals surface area contributed by atoms with Gasteiger partial charge in [0.25, 0.3) is 5.56 Å². The molecule has 0 fully saturated rings. The van der Waals surface area contributed by atoms with Crippen LogP contribution in [0.1, 0.15) is 37.6 Å². The molecule has 1 heterocycles. The summed E-state index contributed by atoms with van der Waals surface area (Å²) in [6.07, 6.45) is 0.669. The van der Waals surface area contributed by atoms with Crippen LogP contribution in [-0.4, -0.2) is 15.1 Å². The lowest BCUT2D eigenvalue weighted by molar-refractivity contribution is 0.191. The molecule has 1 atom stereocenters. The van der Waals surface area contributed by atoms with E-state index in [0.29, 0.717) is 22.2 Å². The third-order valence-electron chi connectivity index (χ3n) is 2.92. The van der Waals surface area contributed by atoms with Gasteiger partial charge in [-0.2, -0.15) is 0 Å². The van der Waals surface area contributed by atoms with Crippen LogP contribution in [0.5, 0.6) is 0 Å². The number of aliphatic hydroxyl groups is 1. The molecule has 4 nitrogen and oxygen atoms in total. The van der Waals surface area contributed by atoms with Crippen molar-refractivity contribution in [2.75, 3.05) is 0 Å². The zero-order valence-electron chi connectivity index (χ0n) is 11.9. The topological polar surface area (TPSA) is 66.0 Å². The van der Waals surface area contributed by atoms with Gasteiger partial charge in [-0.15, -0.1) is 0 Å². The van der Waals surface area contributed by atoms with Gasteiger partial charge in [-0.1, -0.05) is 31.2 Å². The Morgan fingerprint density at radius 3 is 2.90 bits per heavy atom. The number of rotatable bonds is 5. The number of halogens is 1. The van der Waals surface area contributed by atoms with Crippen molar-refractivity contribution in [3.05, 3.63) is 51.7 Å². The summed E-state index contributed by atoms with van der Waals surface area (Å²) in [6, 6.07) is 6.03. The van der Waals surface area contributed by atoms with E-state index in [2.05, 4.69) is 9.97 Å². The lowest BCUT2D eigenvalue weighted by Crippen LogP contribution is -2.10. The van der Waals surface area contributed by atoms with Crippen molar-refractivity contribution >= 4 is 11.8 Å². The van der Waals surface area contributed by atoms with Crippen molar-refractivity contribution in [3.8, 4) is 0 Å². The molecule has 0 aliphatic carbocycles. The van der Waals surface area contributed by atoms with Gasteiger partial charge in [-0.05, 0) is 25.5 Å². The van der Waals surface area contributed by atoms with Crippen LogP contribution in [-0.2, 0) is 6.42 Å². The second-order valence-electron chi connectivity index (χ2n) is 4.72. The van der Waals surface area contributed by atoms with E-state index < -0.39 is 11.9 Å². The molecule has 0 radical (unpaired) electrons. The fourth-order valence-electron chi connectivity index (χ4n) is 2.03. The van der Waals surface area contributed by atoms with Crippen LogP contribution in [0.25, 0.3) is 0 Å². The van der Waals surface area contributed by atoms with Crippen molar-refractivity contribution in [2.45, 2.75) is 42.8 Å². The highest BCUT2D eigenvalue weighted by molar-refractivity contribution is 7.99. The highest BCUT2D eigenvalue weighted by Crippen LogP contribution is 2.32. The number of aromatic amines is 1. The molecule has 1 aromatic heterocycles. The first-order chi connectivity index (χ1) is 10.0. The van der Waals surface area contributed by atoms with Crippen molar-refractivity contribution < 1.29 is 9.50 Å². The van der Waals surface area contributed by atoms with Crippen LogP contribution < -0.4 is 5.56 Å². The molecule has 1 unspecified atom stereocenters. The van der Waals surface area contributed by atoms with Gasteiger partial charge in [0, 0.05) is 22.2 Å². The summed E-state index contributed by atoms with van der Waals surface area (Å²) in [7, 11) is 0. The van der Waals surface area contributed by atoms with Gasteiger partial charge in [0.1, 0.15) is 5.82 Å². The first kappa shape index (κ1) is 15.7. The van der Waals surface area contributed by atoms with E-state index in [1.54, 1.807) is 12.1 Å². The zero-order chi connectivity index (χ0) is 15.4. The Balaban J connectivity index is 2.39. The number of aromatic nitrogens is 2. The predicted octanol–water partition coefficient (Wildman–Crippen LogP) is 3.07. The summed E-state index contributed by atoms with van der Waals surface area (Å²) >= 11 is 1.14.